The van der Waals surface area contributed by atoms with Crippen molar-refractivity contribution < 1.29 is 4.74 Å². The molecule has 2 fully saturated rings. The van der Waals surface area contributed by atoms with Crippen molar-refractivity contribution in [3.8, 4) is 0 Å². The number of thiazole rings is 1. The topological polar surface area (TPSA) is 34.2 Å². The Hall–Kier alpha value is -0.610. The standard InChI is InChI=1S/C11H16N2OS/c1-11(2)8(7-3-5-14-9(7)11)13-10-12-4-6-15-10/h4,6-9H,3,5H2,1-2H3,(H,12,13). The van der Waals surface area contributed by atoms with E-state index in [9.17, 15) is 0 Å². The van der Waals surface area contributed by atoms with Crippen LogP contribution in [0.3, 0.4) is 0 Å². The van der Waals surface area contributed by atoms with Crippen LogP contribution in [0.2, 0.25) is 0 Å². The molecule has 2 aliphatic rings. The molecular formula is C11H16N2OS. The number of ether oxygens (including phenoxy) is 1. The van der Waals surface area contributed by atoms with Crippen LogP contribution in [0.4, 0.5) is 5.13 Å². The Morgan fingerprint density at radius 3 is 3.20 bits per heavy atom. The molecule has 82 valence electrons. The number of fused-ring (bicyclic) bond motifs is 1. The van der Waals surface area contributed by atoms with Crippen LogP contribution in [0.5, 0.6) is 0 Å². The second kappa shape index (κ2) is 3.19. The van der Waals surface area contributed by atoms with Gasteiger partial charge in [0.05, 0.1) is 6.10 Å². The average Bonchev–Trinajstić information content (AvgIpc) is 2.84. The molecule has 1 aliphatic heterocycles. The molecule has 1 aromatic heterocycles. The van der Waals surface area contributed by atoms with E-state index in [4.69, 9.17) is 4.74 Å². The Bertz CT molecular complexity index is 349. The summed E-state index contributed by atoms with van der Waals surface area (Å²) in [7, 11) is 0. The van der Waals surface area contributed by atoms with Crippen molar-refractivity contribution in [3.63, 3.8) is 0 Å². The number of rotatable bonds is 2. The van der Waals surface area contributed by atoms with E-state index < -0.39 is 0 Å². The lowest BCUT2D eigenvalue weighted by Crippen LogP contribution is -2.63. The van der Waals surface area contributed by atoms with Crippen molar-refractivity contribution in [1.82, 2.24) is 4.98 Å². The Kier molecular flexibility index (Phi) is 2.04. The highest BCUT2D eigenvalue weighted by Gasteiger charge is 2.59. The van der Waals surface area contributed by atoms with Gasteiger partial charge >= 0.3 is 0 Å². The second-order valence-electron chi connectivity index (χ2n) is 5.02. The van der Waals surface area contributed by atoms with Crippen molar-refractivity contribution in [2.24, 2.45) is 11.3 Å². The fourth-order valence-corrected chi connectivity index (χ4v) is 3.61. The third-order valence-corrected chi connectivity index (χ3v) is 4.52. The van der Waals surface area contributed by atoms with Gasteiger partial charge in [0.15, 0.2) is 5.13 Å². The zero-order valence-corrected chi connectivity index (χ0v) is 9.88. The van der Waals surface area contributed by atoms with Gasteiger partial charge in [-0.1, -0.05) is 13.8 Å². The molecule has 0 spiro atoms. The molecule has 3 unspecified atom stereocenters. The van der Waals surface area contributed by atoms with E-state index in [0.717, 1.165) is 11.7 Å². The highest BCUT2D eigenvalue weighted by atomic mass is 32.1. The van der Waals surface area contributed by atoms with E-state index in [-0.39, 0.29) is 5.41 Å². The average molecular weight is 224 g/mol. The van der Waals surface area contributed by atoms with Crippen molar-refractivity contribution in [3.05, 3.63) is 11.6 Å². The number of hydrogen-bond acceptors (Lipinski definition) is 4. The van der Waals surface area contributed by atoms with Gasteiger partial charge in [0.2, 0.25) is 0 Å². The number of nitrogens with one attached hydrogen (secondary N) is 1. The van der Waals surface area contributed by atoms with Gasteiger partial charge in [-0.3, -0.25) is 0 Å². The highest BCUT2D eigenvalue weighted by Crippen LogP contribution is 2.53. The molecule has 4 heteroatoms. The van der Waals surface area contributed by atoms with Gasteiger partial charge in [-0.25, -0.2) is 4.98 Å². The van der Waals surface area contributed by atoms with Crippen LogP contribution in [0.25, 0.3) is 0 Å². The first kappa shape index (κ1) is 9.60. The molecular weight excluding hydrogens is 208 g/mol. The fraction of sp³-hybridized carbons (Fsp3) is 0.727. The lowest BCUT2D eigenvalue weighted by atomic mass is 9.57. The van der Waals surface area contributed by atoms with Crippen molar-refractivity contribution in [2.45, 2.75) is 32.4 Å². The van der Waals surface area contributed by atoms with E-state index in [0.29, 0.717) is 18.1 Å². The molecule has 1 saturated carbocycles. The van der Waals surface area contributed by atoms with Crippen LogP contribution >= 0.6 is 11.3 Å². The van der Waals surface area contributed by atoms with Crippen LogP contribution in [-0.4, -0.2) is 23.7 Å². The van der Waals surface area contributed by atoms with Crippen LogP contribution in [0, 0.1) is 11.3 Å². The SMILES string of the molecule is CC1(C)C(Nc2nccs2)C2CCOC21. The lowest BCUT2D eigenvalue weighted by molar-refractivity contribution is -0.0923. The minimum Gasteiger partial charge on any atom is -0.377 e. The zero-order valence-electron chi connectivity index (χ0n) is 9.06. The Morgan fingerprint density at radius 2 is 2.47 bits per heavy atom. The first-order valence-corrected chi connectivity index (χ1v) is 6.35. The normalized spacial score (nSPS) is 37.1. The maximum atomic E-state index is 5.76. The number of anilines is 1. The molecule has 0 bridgehead atoms. The van der Waals surface area contributed by atoms with Gasteiger partial charge in [-0.2, -0.15) is 0 Å². The predicted molar refractivity (Wildman–Crippen MR) is 61.2 cm³/mol. The largest absolute Gasteiger partial charge is 0.377 e. The summed E-state index contributed by atoms with van der Waals surface area (Å²) >= 11 is 1.67. The van der Waals surface area contributed by atoms with E-state index >= 15 is 0 Å². The molecule has 0 aromatic carbocycles. The molecule has 2 heterocycles. The minimum absolute atomic E-state index is 0.243. The molecule has 1 aromatic rings. The molecule has 1 saturated heterocycles. The van der Waals surface area contributed by atoms with Crippen LogP contribution < -0.4 is 5.32 Å². The smallest absolute Gasteiger partial charge is 0.182 e. The molecule has 15 heavy (non-hydrogen) atoms. The van der Waals surface area contributed by atoms with Crippen LogP contribution in [0.15, 0.2) is 11.6 Å². The Morgan fingerprint density at radius 1 is 1.60 bits per heavy atom. The van der Waals surface area contributed by atoms with Gasteiger partial charge in [0.25, 0.3) is 0 Å². The summed E-state index contributed by atoms with van der Waals surface area (Å²) in [5.74, 6) is 0.684. The Labute approximate surface area is 93.9 Å². The third kappa shape index (κ3) is 1.31. The molecule has 3 rings (SSSR count). The lowest BCUT2D eigenvalue weighted by Gasteiger charge is -2.54. The van der Waals surface area contributed by atoms with Gasteiger partial charge in [0.1, 0.15) is 0 Å². The van der Waals surface area contributed by atoms with Crippen LogP contribution in [-0.2, 0) is 4.74 Å². The molecule has 3 atom stereocenters. The first-order chi connectivity index (χ1) is 7.19. The van der Waals surface area contributed by atoms with Crippen molar-refractivity contribution in [1.29, 1.82) is 0 Å². The van der Waals surface area contributed by atoms with E-state index in [2.05, 4.69) is 24.1 Å². The second-order valence-corrected chi connectivity index (χ2v) is 5.92. The Balaban J connectivity index is 1.76. The first-order valence-electron chi connectivity index (χ1n) is 5.47. The van der Waals surface area contributed by atoms with Crippen molar-refractivity contribution in [2.75, 3.05) is 11.9 Å². The van der Waals surface area contributed by atoms with Gasteiger partial charge in [-0.15, -0.1) is 11.3 Å². The summed E-state index contributed by atoms with van der Waals surface area (Å²) in [4.78, 5) is 4.28. The third-order valence-electron chi connectivity index (χ3n) is 3.81. The summed E-state index contributed by atoms with van der Waals surface area (Å²) in [5.41, 5.74) is 0.243. The minimum atomic E-state index is 0.243. The summed E-state index contributed by atoms with van der Waals surface area (Å²) in [6.45, 7) is 5.49. The number of nitrogens with zero attached hydrogens (tertiary/aromatic N) is 1. The predicted octanol–water partition coefficient (Wildman–Crippen LogP) is 2.37. The maximum absolute atomic E-state index is 5.76. The fourth-order valence-electron chi connectivity index (χ4n) is 3.05. The monoisotopic (exact) mass is 224 g/mol. The number of hydrogen-bond donors (Lipinski definition) is 1. The van der Waals surface area contributed by atoms with Gasteiger partial charge in [0, 0.05) is 35.6 Å². The van der Waals surface area contributed by atoms with E-state index in [1.165, 1.54) is 6.42 Å². The molecule has 1 aliphatic carbocycles. The van der Waals surface area contributed by atoms with Crippen molar-refractivity contribution >= 4 is 16.5 Å². The summed E-state index contributed by atoms with van der Waals surface area (Å²) in [5, 5.41) is 6.60. The summed E-state index contributed by atoms with van der Waals surface area (Å²) in [6, 6.07) is 0.524. The number of aromatic nitrogens is 1. The molecule has 3 nitrogen and oxygen atoms in total. The van der Waals surface area contributed by atoms with E-state index in [1.807, 2.05) is 11.6 Å². The maximum Gasteiger partial charge on any atom is 0.182 e. The van der Waals surface area contributed by atoms with Gasteiger partial charge in [-0.05, 0) is 6.42 Å². The van der Waals surface area contributed by atoms with E-state index in [1.54, 1.807) is 11.3 Å². The molecule has 1 N–H and O–H groups in total. The zero-order chi connectivity index (χ0) is 10.5. The van der Waals surface area contributed by atoms with Crippen LogP contribution in [0.1, 0.15) is 20.3 Å². The summed E-state index contributed by atoms with van der Waals surface area (Å²) in [6.07, 6.45) is 3.49. The van der Waals surface area contributed by atoms with Gasteiger partial charge < -0.3 is 10.1 Å². The highest BCUT2D eigenvalue weighted by molar-refractivity contribution is 7.13. The molecule has 0 radical (unpaired) electrons. The summed E-state index contributed by atoms with van der Waals surface area (Å²) < 4.78 is 5.76. The quantitative estimate of drug-likeness (QED) is 0.837. The molecule has 0 amide bonds.